The Morgan fingerprint density at radius 2 is 2.22 bits per heavy atom. The zero-order valence-corrected chi connectivity index (χ0v) is 10.5. The van der Waals surface area contributed by atoms with Gasteiger partial charge in [-0.2, -0.15) is 0 Å². The van der Waals surface area contributed by atoms with E-state index < -0.39 is 18.6 Å². The van der Waals surface area contributed by atoms with E-state index >= 15 is 0 Å². The first-order valence-electron chi connectivity index (χ1n) is 5.80. The first-order valence-corrected chi connectivity index (χ1v) is 5.80. The molecule has 2 amide bonds. The van der Waals surface area contributed by atoms with Crippen LogP contribution in [-0.4, -0.2) is 55.0 Å². The second-order valence-corrected chi connectivity index (χ2v) is 4.58. The number of carbonyl (C=O) groups is 2. The molecule has 0 bridgehead atoms. The summed E-state index contributed by atoms with van der Waals surface area (Å²) in [4.78, 5) is 25.0. The molecule has 1 rings (SSSR count). The summed E-state index contributed by atoms with van der Waals surface area (Å²) >= 11 is 0. The molecule has 18 heavy (non-hydrogen) atoms. The summed E-state index contributed by atoms with van der Waals surface area (Å²) in [7, 11) is 0. The Labute approximate surface area is 104 Å². The molecule has 1 aliphatic heterocycles. The first-order chi connectivity index (χ1) is 8.35. The number of hydrogen-bond acceptors (Lipinski definition) is 3. The largest absolute Gasteiger partial charge is 0.375 e. The molecule has 1 heterocycles. The predicted molar refractivity (Wildman–Crippen MR) is 60.2 cm³/mol. The maximum atomic E-state index is 11.9. The molecule has 0 aromatic carbocycles. The lowest BCUT2D eigenvalue weighted by Crippen LogP contribution is -2.63. The lowest BCUT2D eigenvalue weighted by atomic mass is 9.98. The Balaban J connectivity index is 2.43. The summed E-state index contributed by atoms with van der Waals surface area (Å²) in [6.45, 7) is 3.41. The van der Waals surface area contributed by atoms with Gasteiger partial charge >= 0.3 is 0 Å². The lowest BCUT2D eigenvalue weighted by molar-refractivity contribution is -0.150. The molecule has 0 aromatic rings. The van der Waals surface area contributed by atoms with Crippen LogP contribution in [0.3, 0.4) is 0 Å². The fraction of sp³-hybridized carbons (Fsp3) is 0.818. The van der Waals surface area contributed by atoms with E-state index in [1.807, 2.05) is 0 Å². The maximum Gasteiger partial charge on any atom is 0.261 e. The van der Waals surface area contributed by atoms with Crippen molar-refractivity contribution in [1.82, 2.24) is 10.2 Å². The van der Waals surface area contributed by atoms with E-state index in [0.29, 0.717) is 13.1 Å². The van der Waals surface area contributed by atoms with Crippen molar-refractivity contribution in [2.45, 2.75) is 32.2 Å². The van der Waals surface area contributed by atoms with Gasteiger partial charge in [0, 0.05) is 13.1 Å². The highest BCUT2D eigenvalue weighted by atomic mass is 19.3. The van der Waals surface area contributed by atoms with Crippen LogP contribution in [0.4, 0.5) is 8.78 Å². The molecule has 104 valence electrons. The molecular weight excluding hydrogens is 246 g/mol. The van der Waals surface area contributed by atoms with Gasteiger partial charge in [0.05, 0.1) is 13.0 Å². The minimum atomic E-state index is -2.53. The second kappa shape index (κ2) is 6.08. The molecule has 1 N–H and O–H groups in total. The number of ether oxygens (including phenoxy) is 1. The molecule has 1 saturated heterocycles. The summed E-state index contributed by atoms with van der Waals surface area (Å²) < 4.78 is 28.3. The number of amides is 2. The van der Waals surface area contributed by atoms with Crippen LogP contribution in [0.15, 0.2) is 0 Å². The summed E-state index contributed by atoms with van der Waals surface area (Å²) in [5, 5.41) is 2.68. The van der Waals surface area contributed by atoms with Crippen molar-refractivity contribution in [2.75, 3.05) is 26.3 Å². The topological polar surface area (TPSA) is 58.6 Å². The van der Waals surface area contributed by atoms with Crippen molar-refractivity contribution >= 4 is 11.8 Å². The van der Waals surface area contributed by atoms with Crippen molar-refractivity contribution in [3.05, 3.63) is 0 Å². The average molecular weight is 264 g/mol. The Bertz CT molecular complexity index is 321. The highest BCUT2D eigenvalue weighted by molar-refractivity contribution is 5.91. The van der Waals surface area contributed by atoms with Gasteiger partial charge < -0.3 is 15.0 Å². The second-order valence-electron chi connectivity index (χ2n) is 4.58. The molecule has 0 spiro atoms. The monoisotopic (exact) mass is 264 g/mol. The number of hydrogen-bond donors (Lipinski definition) is 1. The Kier molecular flexibility index (Phi) is 5.01. The van der Waals surface area contributed by atoms with E-state index in [9.17, 15) is 18.4 Å². The van der Waals surface area contributed by atoms with Crippen LogP contribution in [0, 0.1) is 0 Å². The van der Waals surface area contributed by atoms with E-state index in [-0.39, 0.29) is 24.8 Å². The van der Waals surface area contributed by atoms with Crippen molar-refractivity contribution < 1.29 is 23.1 Å². The smallest absolute Gasteiger partial charge is 0.261 e. The maximum absolute atomic E-state index is 11.9. The minimum absolute atomic E-state index is 0.00340. The SMILES string of the molecule is CC1(C)C(=O)NCCN1C(=O)CCOCC(F)F. The Morgan fingerprint density at radius 1 is 1.56 bits per heavy atom. The van der Waals surface area contributed by atoms with E-state index in [4.69, 9.17) is 0 Å². The van der Waals surface area contributed by atoms with Gasteiger partial charge in [-0.25, -0.2) is 8.78 Å². The lowest BCUT2D eigenvalue weighted by Gasteiger charge is -2.41. The Hall–Kier alpha value is -1.24. The molecule has 0 unspecified atom stereocenters. The highest BCUT2D eigenvalue weighted by Crippen LogP contribution is 2.18. The number of halogens is 2. The van der Waals surface area contributed by atoms with E-state index in [2.05, 4.69) is 10.1 Å². The zero-order chi connectivity index (χ0) is 13.8. The summed E-state index contributed by atoms with van der Waals surface area (Å²) in [5.74, 6) is -0.472. The van der Waals surface area contributed by atoms with Gasteiger partial charge in [0.2, 0.25) is 11.8 Å². The number of rotatable bonds is 5. The molecule has 5 nitrogen and oxygen atoms in total. The van der Waals surface area contributed by atoms with E-state index in [0.717, 1.165) is 0 Å². The third-order valence-corrected chi connectivity index (χ3v) is 2.86. The fourth-order valence-electron chi connectivity index (χ4n) is 1.80. The van der Waals surface area contributed by atoms with Gasteiger partial charge in [0.1, 0.15) is 12.1 Å². The van der Waals surface area contributed by atoms with Crippen LogP contribution in [0.25, 0.3) is 0 Å². The molecular formula is C11H18F2N2O3. The first kappa shape index (κ1) is 14.8. The fourth-order valence-corrected chi connectivity index (χ4v) is 1.80. The molecule has 0 radical (unpaired) electrons. The molecule has 0 aliphatic carbocycles. The van der Waals surface area contributed by atoms with Gasteiger partial charge in [-0.3, -0.25) is 9.59 Å². The van der Waals surface area contributed by atoms with Crippen molar-refractivity contribution in [1.29, 1.82) is 0 Å². The standard InChI is InChI=1S/C11H18F2N2O3/c1-11(2)10(17)14-4-5-15(11)9(16)3-6-18-7-8(12)13/h8H,3-7H2,1-2H3,(H,14,17). The van der Waals surface area contributed by atoms with E-state index in [1.165, 1.54) is 4.90 Å². The molecule has 1 aliphatic rings. The van der Waals surface area contributed by atoms with Gasteiger partial charge in [-0.15, -0.1) is 0 Å². The van der Waals surface area contributed by atoms with E-state index in [1.54, 1.807) is 13.8 Å². The van der Waals surface area contributed by atoms with Gasteiger partial charge in [0.25, 0.3) is 6.43 Å². The number of carbonyl (C=O) groups excluding carboxylic acids is 2. The third kappa shape index (κ3) is 3.63. The van der Waals surface area contributed by atoms with Crippen LogP contribution in [-0.2, 0) is 14.3 Å². The summed E-state index contributed by atoms with van der Waals surface area (Å²) in [5.41, 5.74) is -0.905. The Morgan fingerprint density at radius 3 is 2.83 bits per heavy atom. The van der Waals surface area contributed by atoms with Crippen LogP contribution >= 0.6 is 0 Å². The predicted octanol–water partition coefficient (Wildman–Crippen LogP) is 0.395. The van der Waals surface area contributed by atoms with Crippen molar-refractivity contribution in [3.8, 4) is 0 Å². The summed E-state index contributed by atoms with van der Waals surface area (Å²) in [6, 6.07) is 0. The molecule has 0 aromatic heterocycles. The average Bonchev–Trinajstić information content (AvgIpc) is 2.27. The quantitative estimate of drug-likeness (QED) is 0.731. The van der Waals surface area contributed by atoms with Gasteiger partial charge in [-0.05, 0) is 13.8 Å². The van der Waals surface area contributed by atoms with Crippen LogP contribution in [0.1, 0.15) is 20.3 Å². The summed E-state index contributed by atoms with van der Waals surface area (Å²) in [6.07, 6.45) is -2.53. The van der Waals surface area contributed by atoms with Crippen LogP contribution < -0.4 is 5.32 Å². The van der Waals surface area contributed by atoms with Crippen molar-refractivity contribution in [3.63, 3.8) is 0 Å². The van der Waals surface area contributed by atoms with Crippen LogP contribution in [0.5, 0.6) is 0 Å². The number of nitrogens with one attached hydrogen (secondary N) is 1. The molecule has 0 atom stereocenters. The highest BCUT2D eigenvalue weighted by Gasteiger charge is 2.39. The van der Waals surface area contributed by atoms with Crippen molar-refractivity contribution in [2.24, 2.45) is 0 Å². The molecule has 0 saturated carbocycles. The number of alkyl halides is 2. The zero-order valence-electron chi connectivity index (χ0n) is 10.5. The van der Waals surface area contributed by atoms with Gasteiger partial charge in [-0.1, -0.05) is 0 Å². The normalized spacial score (nSPS) is 18.9. The third-order valence-electron chi connectivity index (χ3n) is 2.86. The number of nitrogens with zero attached hydrogens (tertiary/aromatic N) is 1. The van der Waals surface area contributed by atoms with Crippen LogP contribution in [0.2, 0.25) is 0 Å². The molecule has 1 fully saturated rings. The van der Waals surface area contributed by atoms with Gasteiger partial charge in [0.15, 0.2) is 0 Å². The number of piperazine rings is 1. The molecule has 7 heteroatoms. The minimum Gasteiger partial charge on any atom is -0.375 e.